The molecule has 6 nitrogen and oxygen atoms in total. The molecule has 0 radical (unpaired) electrons. The number of aromatic nitrogens is 1. The molecule has 0 saturated carbocycles. The molecule has 2 aliphatic heterocycles. The number of likely N-dealkylation sites (tertiary alicyclic amines) is 1. The number of fused-ring (bicyclic) bond motifs is 2. The van der Waals surface area contributed by atoms with Crippen LogP contribution in [0.1, 0.15) is 30.7 Å². The quantitative estimate of drug-likeness (QED) is 0.778. The first-order chi connectivity index (χ1) is 12.7. The number of ether oxygens (including phenoxy) is 2. The maximum Gasteiger partial charge on any atom is 0.226 e. The fourth-order valence-corrected chi connectivity index (χ4v) is 4.04. The van der Waals surface area contributed by atoms with Crippen LogP contribution in [0.3, 0.4) is 0 Å². The van der Waals surface area contributed by atoms with Gasteiger partial charge in [0.1, 0.15) is 5.76 Å². The number of oxazole rings is 1. The maximum absolute atomic E-state index is 5.96. The Labute approximate surface area is 178 Å². The van der Waals surface area contributed by atoms with E-state index in [-0.39, 0.29) is 24.8 Å². The number of hydrogen-bond donors (Lipinski definition) is 1. The molecule has 4 rings (SSSR count). The van der Waals surface area contributed by atoms with Gasteiger partial charge in [0, 0.05) is 37.3 Å². The van der Waals surface area contributed by atoms with Crippen molar-refractivity contribution in [2.75, 3.05) is 27.3 Å². The highest BCUT2D eigenvalue weighted by atomic mass is 35.5. The lowest BCUT2D eigenvalue weighted by Gasteiger charge is -2.22. The van der Waals surface area contributed by atoms with Crippen molar-refractivity contribution in [3.05, 3.63) is 29.7 Å². The molecule has 0 spiro atoms. The van der Waals surface area contributed by atoms with Gasteiger partial charge in [-0.2, -0.15) is 0 Å². The van der Waals surface area contributed by atoms with Crippen LogP contribution in [0.4, 0.5) is 0 Å². The molecule has 1 aromatic carbocycles. The van der Waals surface area contributed by atoms with Gasteiger partial charge >= 0.3 is 0 Å². The minimum absolute atomic E-state index is 0. The van der Waals surface area contributed by atoms with Gasteiger partial charge in [0.25, 0.3) is 0 Å². The van der Waals surface area contributed by atoms with E-state index in [0.29, 0.717) is 29.5 Å². The van der Waals surface area contributed by atoms with Crippen LogP contribution in [0.15, 0.2) is 22.6 Å². The highest BCUT2D eigenvalue weighted by Crippen LogP contribution is 2.33. The molecule has 28 heavy (non-hydrogen) atoms. The largest absolute Gasteiger partial charge is 0.493 e. The first-order valence-corrected chi connectivity index (χ1v) is 9.33. The third-order valence-electron chi connectivity index (χ3n) is 5.50. The molecule has 156 valence electrons. The first kappa shape index (κ1) is 22.8. The Bertz CT molecular complexity index is 784. The minimum Gasteiger partial charge on any atom is -0.493 e. The average Bonchev–Trinajstić information content (AvgIpc) is 3.18. The van der Waals surface area contributed by atoms with Crippen LogP contribution in [0, 0.1) is 6.92 Å². The van der Waals surface area contributed by atoms with E-state index >= 15 is 0 Å². The monoisotopic (exact) mass is 429 g/mol. The molecule has 1 aromatic heterocycles. The number of benzene rings is 1. The Kier molecular flexibility index (Phi) is 8.01. The van der Waals surface area contributed by atoms with Crippen molar-refractivity contribution in [2.24, 2.45) is 0 Å². The van der Waals surface area contributed by atoms with E-state index < -0.39 is 0 Å². The summed E-state index contributed by atoms with van der Waals surface area (Å²) in [5.41, 5.74) is 1.92. The summed E-state index contributed by atoms with van der Waals surface area (Å²) < 4.78 is 16.7. The van der Waals surface area contributed by atoms with Crippen LogP contribution >= 0.6 is 24.8 Å². The van der Waals surface area contributed by atoms with Crippen molar-refractivity contribution in [2.45, 2.75) is 44.8 Å². The van der Waals surface area contributed by atoms with E-state index in [4.69, 9.17) is 18.9 Å². The molecule has 0 amide bonds. The standard InChI is InChI=1S/C20H27N3O3.2ClH/c1-13-17(12-23-9-8-15-5-6-16(11-23)21-15)22-20(26-13)14-4-7-18(24-2)19(10-14)25-3;;/h4,7,10,15-16,21H,5-6,8-9,11-12H2,1-3H3;2*1H/t15-,16+;;/m1../s1. The molecule has 2 aromatic rings. The molecular formula is C20H29Cl2N3O3. The number of halogens is 2. The summed E-state index contributed by atoms with van der Waals surface area (Å²) in [5, 5.41) is 3.73. The van der Waals surface area contributed by atoms with E-state index in [1.54, 1.807) is 14.2 Å². The van der Waals surface area contributed by atoms with Crippen molar-refractivity contribution in [1.82, 2.24) is 15.2 Å². The highest BCUT2D eigenvalue weighted by molar-refractivity contribution is 5.85. The van der Waals surface area contributed by atoms with Gasteiger partial charge in [0.15, 0.2) is 11.5 Å². The van der Waals surface area contributed by atoms with Crippen molar-refractivity contribution in [3.63, 3.8) is 0 Å². The third-order valence-corrected chi connectivity index (χ3v) is 5.50. The van der Waals surface area contributed by atoms with Gasteiger partial charge in [-0.25, -0.2) is 4.98 Å². The van der Waals surface area contributed by atoms with Crippen LogP contribution in [0.25, 0.3) is 11.5 Å². The fourth-order valence-electron chi connectivity index (χ4n) is 4.04. The molecule has 0 unspecified atom stereocenters. The summed E-state index contributed by atoms with van der Waals surface area (Å²) in [5.74, 6) is 2.90. The number of hydrogen-bond acceptors (Lipinski definition) is 6. The average molecular weight is 430 g/mol. The molecule has 1 N–H and O–H groups in total. The number of nitrogens with one attached hydrogen (secondary N) is 1. The van der Waals surface area contributed by atoms with Crippen molar-refractivity contribution in [3.8, 4) is 23.0 Å². The first-order valence-electron chi connectivity index (χ1n) is 9.33. The Hall–Kier alpha value is -1.47. The zero-order chi connectivity index (χ0) is 18.1. The molecule has 2 saturated heterocycles. The van der Waals surface area contributed by atoms with Crippen LogP contribution in [-0.4, -0.2) is 49.3 Å². The van der Waals surface area contributed by atoms with Crippen LogP contribution in [-0.2, 0) is 6.54 Å². The summed E-state index contributed by atoms with van der Waals surface area (Å²) in [6.45, 7) is 5.04. The second-order valence-electron chi connectivity index (χ2n) is 7.25. The Morgan fingerprint density at radius 3 is 2.61 bits per heavy atom. The van der Waals surface area contributed by atoms with Gasteiger partial charge in [-0.1, -0.05) is 0 Å². The minimum atomic E-state index is 0. The number of methoxy groups -OCH3 is 2. The van der Waals surface area contributed by atoms with E-state index in [1.807, 2.05) is 25.1 Å². The smallest absolute Gasteiger partial charge is 0.226 e. The predicted octanol–water partition coefficient (Wildman–Crippen LogP) is 3.84. The summed E-state index contributed by atoms with van der Waals surface area (Å²) in [4.78, 5) is 7.27. The predicted molar refractivity (Wildman–Crippen MR) is 114 cm³/mol. The molecule has 2 fully saturated rings. The van der Waals surface area contributed by atoms with E-state index in [1.165, 1.54) is 19.3 Å². The lowest BCUT2D eigenvalue weighted by atomic mass is 10.1. The molecule has 2 atom stereocenters. The van der Waals surface area contributed by atoms with Crippen LogP contribution in [0.2, 0.25) is 0 Å². The molecule has 8 heteroatoms. The lowest BCUT2D eigenvalue weighted by Crippen LogP contribution is -2.35. The van der Waals surface area contributed by atoms with Crippen molar-refractivity contribution >= 4 is 24.8 Å². The van der Waals surface area contributed by atoms with Gasteiger partial charge < -0.3 is 19.2 Å². The van der Waals surface area contributed by atoms with Gasteiger partial charge in [-0.15, -0.1) is 24.8 Å². The van der Waals surface area contributed by atoms with E-state index in [9.17, 15) is 0 Å². The molecule has 0 aliphatic carbocycles. The summed E-state index contributed by atoms with van der Waals surface area (Å²) in [6, 6.07) is 7.06. The fraction of sp³-hybridized carbons (Fsp3) is 0.550. The highest BCUT2D eigenvalue weighted by Gasteiger charge is 2.29. The Morgan fingerprint density at radius 2 is 1.86 bits per heavy atom. The normalized spacial score (nSPS) is 21.4. The number of rotatable bonds is 5. The maximum atomic E-state index is 5.96. The van der Waals surface area contributed by atoms with E-state index in [0.717, 1.165) is 36.7 Å². The summed E-state index contributed by atoms with van der Waals surface area (Å²) in [7, 11) is 3.27. The summed E-state index contributed by atoms with van der Waals surface area (Å²) >= 11 is 0. The Balaban J connectivity index is 0.00000140. The molecule has 2 aliphatic rings. The zero-order valence-corrected chi connectivity index (χ0v) is 18.2. The van der Waals surface area contributed by atoms with E-state index in [2.05, 4.69) is 10.2 Å². The van der Waals surface area contributed by atoms with Crippen molar-refractivity contribution in [1.29, 1.82) is 0 Å². The van der Waals surface area contributed by atoms with Gasteiger partial charge in [-0.3, -0.25) is 4.90 Å². The second kappa shape index (κ2) is 9.83. The molecular weight excluding hydrogens is 401 g/mol. The number of nitrogens with zero attached hydrogens (tertiary/aromatic N) is 2. The second-order valence-corrected chi connectivity index (χ2v) is 7.25. The van der Waals surface area contributed by atoms with Gasteiger partial charge in [0.2, 0.25) is 5.89 Å². The van der Waals surface area contributed by atoms with Gasteiger partial charge in [0.05, 0.1) is 19.9 Å². The van der Waals surface area contributed by atoms with Crippen LogP contribution < -0.4 is 14.8 Å². The molecule has 3 heterocycles. The van der Waals surface area contributed by atoms with Gasteiger partial charge in [-0.05, 0) is 44.4 Å². The van der Waals surface area contributed by atoms with Crippen molar-refractivity contribution < 1.29 is 13.9 Å². The SMILES string of the molecule is COc1ccc(-c2nc(CN3CC[C@H]4CC[C@@H](C3)N4)c(C)o2)cc1OC.Cl.Cl. The number of aryl methyl sites for hydroxylation is 1. The summed E-state index contributed by atoms with van der Waals surface area (Å²) in [6.07, 6.45) is 3.83. The lowest BCUT2D eigenvalue weighted by molar-refractivity contribution is 0.247. The zero-order valence-electron chi connectivity index (χ0n) is 16.6. The third kappa shape index (κ3) is 4.74. The van der Waals surface area contributed by atoms with Crippen LogP contribution in [0.5, 0.6) is 11.5 Å². The molecule has 2 bridgehead atoms. The Morgan fingerprint density at radius 1 is 1.11 bits per heavy atom. The topological polar surface area (TPSA) is 59.8 Å².